The number of likely N-dealkylation sites (tertiary alicyclic amines) is 1. The van der Waals surface area contributed by atoms with Gasteiger partial charge in [-0.3, -0.25) is 14.5 Å². The maximum absolute atomic E-state index is 12.5. The molecule has 2 heterocycles. The van der Waals surface area contributed by atoms with E-state index in [0.29, 0.717) is 13.0 Å². The monoisotopic (exact) mass is 347 g/mol. The van der Waals surface area contributed by atoms with Crippen molar-refractivity contribution in [2.45, 2.75) is 64.5 Å². The number of hydrogen-bond donors (Lipinski definition) is 1. The van der Waals surface area contributed by atoms with E-state index >= 15 is 0 Å². The van der Waals surface area contributed by atoms with E-state index in [4.69, 9.17) is 4.74 Å². The van der Waals surface area contributed by atoms with Crippen molar-refractivity contribution >= 4 is 11.9 Å². The Bertz CT molecular complexity index is 595. The summed E-state index contributed by atoms with van der Waals surface area (Å²) in [6.07, 6.45) is 9.74. The summed E-state index contributed by atoms with van der Waals surface area (Å²) in [4.78, 5) is 26.0. The van der Waals surface area contributed by atoms with E-state index in [1.807, 2.05) is 4.90 Å². The highest BCUT2D eigenvalue weighted by atomic mass is 16.6. The van der Waals surface area contributed by atoms with Gasteiger partial charge in [0.05, 0.1) is 5.92 Å². The molecule has 1 N–H and O–H groups in total. The third-order valence-corrected chi connectivity index (χ3v) is 5.93. The number of rotatable bonds is 3. The second-order valence-corrected chi connectivity index (χ2v) is 7.80. The average Bonchev–Trinajstić information content (AvgIpc) is 3.11. The first kappa shape index (κ1) is 18.2. The second-order valence-electron chi connectivity index (χ2n) is 7.80. The topological polar surface area (TPSA) is 66.8 Å². The second kappa shape index (κ2) is 7.73. The van der Waals surface area contributed by atoms with Crippen LogP contribution in [0.3, 0.4) is 0 Å². The third kappa shape index (κ3) is 4.14. The van der Waals surface area contributed by atoms with Crippen LogP contribution in [-0.4, -0.2) is 47.2 Å². The van der Waals surface area contributed by atoms with Gasteiger partial charge in [0, 0.05) is 12.5 Å². The first-order chi connectivity index (χ1) is 12.0. The molecule has 25 heavy (non-hydrogen) atoms. The van der Waals surface area contributed by atoms with Crippen molar-refractivity contribution in [1.29, 1.82) is 0 Å². The Morgan fingerprint density at radius 1 is 1.28 bits per heavy atom. The molecular formula is C20H29NO4. The molecule has 2 unspecified atom stereocenters. The van der Waals surface area contributed by atoms with Crippen molar-refractivity contribution in [2.24, 2.45) is 11.8 Å². The quantitative estimate of drug-likeness (QED) is 0.627. The average molecular weight is 347 g/mol. The smallest absolute Gasteiger partial charge is 0.320 e. The van der Waals surface area contributed by atoms with Crippen LogP contribution in [0.2, 0.25) is 0 Å². The summed E-state index contributed by atoms with van der Waals surface area (Å²) in [5.74, 6) is -1.02. The van der Waals surface area contributed by atoms with Crippen LogP contribution in [0.15, 0.2) is 23.3 Å². The predicted molar refractivity (Wildman–Crippen MR) is 95.1 cm³/mol. The molecule has 0 bridgehead atoms. The number of allylic oxidation sites excluding steroid dienone is 3. The van der Waals surface area contributed by atoms with Crippen molar-refractivity contribution in [3.8, 4) is 0 Å². The summed E-state index contributed by atoms with van der Waals surface area (Å²) in [6, 6.07) is -0.453. The number of esters is 1. The van der Waals surface area contributed by atoms with Crippen LogP contribution in [0.25, 0.3) is 0 Å². The van der Waals surface area contributed by atoms with Crippen molar-refractivity contribution < 1.29 is 19.4 Å². The number of ether oxygens (including phenoxy) is 1. The summed E-state index contributed by atoms with van der Waals surface area (Å²) in [7, 11) is 0. The molecule has 0 aromatic carbocycles. The van der Waals surface area contributed by atoms with Gasteiger partial charge in [0.1, 0.15) is 12.1 Å². The minimum Gasteiger partial charge on any atom is -0.480 e. The molecule has 3 rings (SSSR count). The van der Waals surface area contributed by atoms with Crippen LogP contribution in [0.5, 0.6) is 0 Å². The number of carboxylic acids is 1. The predicted octanol–water partition coefficient (Wildman–Crippen LogP) is 3.16. The van der Waals surface area contributed by atoms with Crippen molar-refractivity contribution in [1.82, 2.24) is 4.90 Å². The van der Waals surface area contributed by atoms with Gasteiger partial charge in [0.25, 0.3) is 0 Å². The molecule has 5 heteroatoms. The molecule has 0 saturated carbocycles. The number of nitrogens with zero attached hydrogens (tertiary/aromatic N) is 1. The van der Waals surface area contributed by atoms with E-state index in [0.717, 1.165) is 38.6 Å². The minimum atomic E-state index is -0.777. The molecule has 138 valence electrons. The number of hydrogen-bond acceptors (Lipinski definition) is 4. The fraction of sp³-hybridized carbons (Fsp3) is 0.700. The van der Waals surface area contributed by atoms with Gasteiger partial charge in [-0.05, 0) is 65.0 Å². The van der Waals surface area contributed by atoms with Gasteiger partial charge in [-0.25, -0.2) is 0 Å². The maximum Gasteiger partial charge on any atom is 0.320 e. The molecule has 0 aromatic heterocycles. The van der Waals surface area contributed by atoms with Crippen LogP contribution in [-0.2, 0) is 14.3 Å². The zero-order valence-electron chi connectivity index (χ0n) is 15.2. The van der Waals surface area contributed by atoms with Gasteiger partial charge in [0.2, 0.25) is 0 Å². The fourth-order valence-electron chi connectivity index (χ4n) is 4.43. The Balaban J connectivity index is 1.78. The first-order valence-electron chi connectivity index (χ1n) is 9.46. The van der Waals surface area contributed by atoms with Crippen molar-refractivity contribution in [3.63, 3.8) is 0 Å². The molecule has 0 spiro atoms. The number of fused-ring (bicyclic) bond motifs is 1. The normalized spacial score (nSPS) is 38.2. The Hall–Kier alpha value is -1.62. The lowest BCUT2D eigenvalue weighted by Crippen LogP contribution is -2.41. The van der Waals surface area contributed by atoms with Gasteiger partial charge in [-0.1, -0.05) is 17.2 Å². The van der Waals surface area contributed by atoms with Gasteiger partial charge >= 0.3 is 11.9 Å². The van der Waals surface area contributed by atoms with Crippen molar-refractivity contribution in [3.05, 3.63) is 23.3 Å². The van der Waals surface area contributed by atoms with Gasteiger partial charge < -0.3 is 9.84 Å². The maximum atomic E-state index is 12.5. The van der Waals surface area contributed by atoms with Gasteiger partial charge in [-0.2, -0.15) is 0 Å². The van der Waals surface area contributed by atoms with Gasteiger partial charge in [0.15, 0.2) is 0 Å². The summed E-state index contributed by atoms with van der Waals surface area (Å²) in [5, 5.41) is 9.40. The highest BCUT2D eigenvalue weighted by molar-refractivity contribution is 5.77. The highest BCUT2D eigenvalue weighted by Gasteiger charge is 2.45. The van der Waals surface area contributed by atoms with E-state index in [1.54, 1.807) is 0 Å². The van der Waals surface area contributed by atoms with E-state index in [9.17, 15) is 14.7 Å². The highest BCUT2D eigenvalue weighted by Crippen LogP contribution is 2.37. The largest absolute Gasteiger partial charge is 0.480 e. The van der Waals surface area contributed by atoms with Crippen LogP contribution < -0.4 is 0 Å². The standard InChI is InChI=1S/C20H29NO4/c1-13-5-3-6-14(2)11-18-15(9-8-13)16(20(24)25-18)12-21-10-4-7-17(21)19(22)23/h5,11,15-18H,3-4,6-10,12H2,1-2H3,(H,22,23)/b13-5+,14-11+/t15-,16?,17-,18?/m0/s1. The lowest BCUT2D eigenvalue weighted by atomic mass is 9.83. The van der Waals surface area contributed by atoms with E-state index in [2.05, 4.69) is 26.0 Å². The molecule has 0 amide bonds. The van der Waals surface area contributed by atoms with E-state index in [1.165, 1.54) is 11.1 Å². The third-order valence-electron chi connectivity index (χ3n) is 5.93. The molecule has 5 nitrogen and oxygen atoms in total. The molecular weight excluding hydrogens is 318 g/mol. The molecule has 2 saturated heterocycles. The molecule has 4 atom stereocenters. The number of aliphatic carboxylic acids is 1. The molecule has 1 aliphatic carbocycles. The van der Waals surface area contributed by atoms with E-state index < -0.39 is 12.0 Å². The number of carboxylic acid groups (broad SMARTS) is 1. The first-order valence-corrected chi connectivity index (χ1v) is 9.46. The fourth-order valence-corrected chi connectivity index (χ4v) is 4.43. The molecule has 2 aliphatic heterocycles. The van der Waals surface area contributed by atoms with Crippen molar-refractivity contribution in [2.75, 3.05) is 13.1 Å². The summed E-state index contributed by atoms with van der Waals surface area (Å²) >= 11 is 0. The van der Waals surface area contributed by atoms with Crippen LogP contribution in [0.1, 0.15) is 52.4 Å². The number of carbonyl (C=O) groups excluding carboxylic acids is 1. The van der Waals surface area contributed by atoms with Gasteiger partial charge in [-0.15, -0.1) is 0 Å². The lowest BCUT2D eigenvalue weighted by molar-refractivity contribution is -0.146. The minimum absolute atomic E-state index is 0.138. The Morgan fingerprint density at radius 3 is 2.84 bits per heavy atom. The molecule has 0 radical (unpaired) electrons. The summed E-state index contributed by atoms with van der Waals surface area (Å²) < 4.78 is 5.71. The number of carbonyl (C=O) groups is 2. The Labute approximate surface area is 149 Å². The lowest BCUT2D eigenvalue weighted by Gasteiger charge is -2.27. The van der Waals surface area contributed by atoms with E-state index in [-0.39, 0.29) is 23.9 Å². The summed E-state index contributed by atoms with van der Waals surface area (Å²) in [6.45, 7) is 5.52. The zero-order chi connectivity index (χ0) is 18.0. The Morgan fingerprint density at radius 2 is 2.08 bits per heavy atom. The molecule has 2 fully saturated rings. The van der Waals surface area contributed by atoms with Crippen LogP contribution in [0.4, 0.5) is 0 Å². The molecule has 0 aromatic rings. The molecule has 3 aliphatic rings. The summed E-state index contributed by atoms with van der Waals surface area (Å²) in [5.41, 5.74) is 2.63. The van der Waals surface area contributed by atoms with Crippen LogP contribution in [0, 0.1) is 11.8 Å². The SMILES string of the molecule is C/C1=C\C2OC(=O)C(CN3CCC[C@H]3C(=O)O)[C@@H]2CC/C(C)=C/CC1. The Kier molecular flexibility index (Phi) is 5.62. The van der Waals surface area contributed by atoms with Crippen LogP contribution >= 0.6 is 0 Å². The zero-order valence-corrected chi connectivity index (χ0v) is 15.2.